The van der Waals surface area contributed by atoms with Crippen LogP contribution in [-0.2, 0) is 24.7 Å². The maximum absolute atomic E-state index is 13.9. The maximum Gasteiger partial charge on any atom is 0.267 e. The molecule has 3 heterocycles. The summed E-state index contributed by atoms with van der Waals surface area (Å²) in [5.74, 6) is 0.614. The zero-order valence-electron chi connectivity index (χ0n) is 19.8. The number of benzene rings is 1. The summed E-state index contributed by atoms with van der Waals surface area (Å²) in [4.78, 5) is 33.7. The minimum atomic E-state index is -0.166. The first-order valence-electron chi connectivity index (χ1n) is 11.4. The first-order valence-corrected chi connectivity index (χ1v) is 13.2. The van der Waals surface area contributed by atoms with Crippen LogP contribution < -0.4 is 10.9 Å². The summed E-state index contributed by atoms with van der Waals surface area (Å²) in [7, 11) is 1.79. The van der Waals surface area contributed by atoms with Crippen LogP contribution in [-0.4, -0.2) is 31.0 Å². The highest BCUT2D eigenvalue weighted by Gasteiger charge is 2.24. The molecular formula is C25H27N5O2S2. The molecule has 0 saturated carbocycles. The number of amides is 1. The molecule has 0 aliphatic heterocycles. The number of anilines is 1. The van der Waals surface area contributed by atoms with Gasteiger partial charge in [-0.15, -0.1) is 11.3 Å². The van der Waals surface area contributed by atoms with Crippen LogP contribution in [0.3, 0.4) is 0 Å². The number of hydrogen-bond donors (Lipinski definition) is 1. The molecule has 3 aromatic heterocycles. The lowest BCUT2D eigenvalue weighted by Crippen LogP contribution is -2.24. The topological polar surface area (TPSA) is 81.8 Å². The van der Waals surface area contributed by atoms with Crippen molar-refractivity contribution in [1.29, 1.82) is 0 Å². The molecule has 1 aliphatic carbocycles. The van der Waals surface area contributed by atoms with Gasteiger partial charge in [-0.25, -0.2) is 4.98 Å². The highest BCUT2D eigenvalue weighted by Crippen LogP contribution is 2.35. The molecular weight excluding hydrogens is 466 g/mol. The van der Waals surface area contributed by atoms with Gasteiger partial charge in [-0.05, 0) is 69.2 Å². The molecule has 1 aromatic carbocycles. The molecule has 4 aromatic rings. The van der Waals surface area contributed by atoms with Crippen LogP contribution in [0, 0.1) is 20.8 Å². The van der Waals surface area contributed by atoms with Gasteiger partial charge in [-0.2, -0.15) is 5.10 Å². The van der Waals surface area contributed by atoms with Crippen LogP contribution in [0.25, 0.3) is 15.9 Å². The Morgan fingerprint density at radius 3 is 2.74 bits per heavy atom. The smallest absolute Gasteiger partial charge is 0.267 e. The lowest BCUT2D eigenvalue weighted by molar-refractivity contribution is -0.113. The Hall–Kier alpha value is -2.91. The highest BCUT2D eigenvalue weighted by molar-refractivity contribution is 7.99. The Morgan fingerprint density at radius 1 is 1.18 bits per heavy atom. The van der Waals surface area contributed by atoms with Crippen LogP contribution in [0.15, 0.2) is 34.2 Å². The SMILES string of the molecule is Cc1ccc(C)c(-n2c(SCC(=O)Nc3cc(C)nn3C)nc3sc4c(c3c2=O)CCCC4)c1. The highest BCUT2D eigenvalue weighted by atomic mass is 32.2. The number of hydrogen-bond acceptors (Lipinski definition) is 6. The number of aromatic nitrogens is 4. The molecule has 9 heteroatoms. The molecule has 0 atom stereocenters. The van der Waals surface area contributed by atoms with E-state index in [2.05, 4.69) is 10.4 Å². The van der Waals surface area contributed by atoms with Gasteiger partial charge in [0.1, 0.15) is 10.6 Å². The summed E-state index contributed by atoms with van der Waals surface area (Å²) >= 11 is 2.92. The van der Waals surface area contributed by atoms with Crippen LogP contribution in [0.4, 0.5) is 5.82 Å². The molecule has 0 radical (unpaired) electrons. The van der Waals surface area contributed by atoms with E-state index >= 15 is 0 Å². The molecule has 0 fully saturated rings. The largest absolute Gasteiger partial charge is 0.310 e. The minimum Gasteiger partial charge on any atom is -0.310 e. The standard InChI is InChI=1S/C25H27N5O2S2/c1-14-9-10-15(2)18(11-14)30-24(32)22-17-7-5-6-8-19(17)34-23(22)27-25(30)33-13-21(31)26-20-12-16(3)28-29(20)4/h9-12H,5-8,13H2,1-4H3,(H,26,31). The normalized spacial score (nSPS) is 13.3. The molecule has 1 N–H and O–H groups in total. The molecule has 5 rings (SSSR count). The van der Waals surface area contributed by atoms with Crippen molar-refractivity contribution in [3.63, 3.8) is 0 Å². The Labute approximate surface area is 206 Å². The predicted octanol–water partition coefficient (Wildman–Crippen LogP) is 4.72. The molecule has 0 saturated heterocycles. The predicted molar refractivity (Wildman–Crippen MR) is 139 cm³/mol. The Bertz CT molecular complexity index is 1480. The van der Waals surface area contributed by atoms with Gasteiger partial charge in [0, 0.05) is 18.0 Å². The van der Waals surface area contributed by atoms with Crippen molar-refractivity contribution in [3.8, 4) is 5.69 Å². The fourth-order valence-corrected chi connectivity index (χ4v) is 6.60. The van der Waals surface area contributed by atoms with Gasteiger partial charge in [0.15, 0.2) is 5.16 Å². The fourth-order valence-electron chi connectivity index (χ4n) is 4.49. The number of carbonyl (C=O) groups excluding carboxylic acids is 1. The van der Waals surface area contributed by atoms with E-state index in [9.17, 15) is 9.59 Å². The summed E-state index contributed by atoms with van der Waals surface area (Å²) in [6.45, 7) is 5.90. The van der Waals surface area contributed by atoms with Crippen molar-refractivity contribution >= 4 is 45.0 Å². The Balaban J connectivity index is 1.57. The van der Waals surface area contributed by atoms with Crippen LogP contribution in [0.1, 0.15) is 40.1 Å². The molecule has 7 nitrogen and oxygen atoms in total. The summed E-state index contributed by atoms with van der Waals surface area (Å²) in [5.41, 5.74) is 4.85. The van der Waals surface area contributed by atoms with Crippen molar-refractivity contribution in [2.24, 2.45) is 7.05 Å². The van der Waals surface area contributed by atoms with Crippen molar-refractivity contribution in [3.05, 3.63) is 61.9 Å². The Kier molecular flexibility index (Phi) is 6.07. The second-order valence-corrected chi connectivity index (χ2v) is 10.9. The molecule has 176 valence electrons. The lowest BCUT2D eigenvalue weighted by Gasteiger charge is -2.16. The van der Waals surface area contributed by atoms with Gasteiger partial charge in [-0.1, -0.05) is 23.9 Å². The second kappa shape index (κ2) is 9.03. The van der Waals surface area contributed by atoms with E-state index in [4.69, 9.17) is 4.98 Å². The number of rotatable bonds is 5. The molecule has 0 unspecified atom stereocenters. The number of carbonyl (C=O) groups is 1. The zero-order valence-corrected chi connectivity index (χ0v) is 21.4. The second-order valence-electron chi connectivity index (χ2n) is 8.85. The molecule has 0 spiro atoms. The van der Waals surface area contributed by atoms with Crippen molar-refractivity contribution in [2.75, 3.05) is 11.1 Å². The zero-order chi connectivity index (χ0) is 24.0. The molecule has 1 amide bonds. The average Bonchev–Trinajstić information content (AvgIpc) is 3.32. The third-order valence-electron chi connectivity index (χ3n) is 6.17. The van der Waals surface area contributed by atoms with Gasteiger partial charge in [0.05, 0.1) is 22.5 Å². The lowest BCUT2D eigenvalue weighted by atomic mass is 9.97. The quantitative estimate of drug-likeness (QED) is 0.321. The number of nitrogens with zero attached hydrogens (tertiary/aromatic N) is 4. The number of fused-ring (bicyclic) bond motifs is 3. The molecule has 1 aliphatic rings. The average molecular weight is 494 g/mol. The molecule has 34 heavy (non-hydrogen) atoms. The van der Waals surface area contributed by atoms with E-state index in [1.54, 1.807) is 27.6 Å². The van der Waals surface area contributed by atoms with Gasteiger partial charge in [-0.3, -0.25) is 18.8 Å². The number of thioether (sulfide) groups is 1. The number of nitrogens with one attached hydrogen (secondary N) is 1. The Morgan fingerprint density at radius 2 is 1.97 bits per heavy atom. The third-order valence-corrected chi connectivity index (χ3v) is 8.29. The van der Waals surface area contributed by atoms with E-state index in [1.807, 2.05) is 45.0 Å². The van der Waals surface area contributed by atoms with Crippen molar-refractivity contribution in [1.82, 2.24) is 19.3 Å². The van der Waals surface area contributed by atoms with Gasteiger partial charge in [0.2, 0.25) is 5.91 Å². The number of aryl methyl sites for hydroxylation is 6. The summed E-state index contributed by atoms with van der Waals surface area (Å²) in [6, 6.07) is 7.91. The maximum atomic E-state index is 13.9. The van der Waals surface area contributed by atoms with E-state index in [0.717, 1.165) is 58.4 Å². The van der Waals surface area contributed by atoms with Gasteiger partial charge < -0.3 is 5.32 Å². The van der Waals surface area contributed by atoms with Crippen LogP contribution >= 0.6 is 23.1 Å². The first-order chi connectivity index (χ1) is 16.3. The van der Waals surface area contributed by atoms with E-state index < -0.39 is 0 Å². The summed E-state index contributed by atoms with van der Waals surface area (Å²) < 4.78 is 3.35. The van der Waals surface area contributed by atoms with Crippen LogP contribution in [0.5, 0.6) is 0 Å². The molecule has 0 bridgehead atoms. The van der Waals surface area contributed by atoms with E-state index in [-0.39, 0.29) is 17.2 Å². The van der Waals surface area contributed by atoms with Crippen molar-refractivity contribution < 1.29 is 4.79 Å². The first kappa shape index (κ1) is 22.9. The van der Waals surface area contributed by atoms with E-state index in [1.165, 1.54) is 22.2 Å². The monoisotopic (exact) mass is 493 g/mol. The van der Waals surface area contributed by atoms with Crippen LogP contribution in [0.2, 0.25) is 0 Å². The van der Waals surface area contributed by atoms with E-state index in [0.29, 0.717) is 11.0 Å². The fraction of sp³-hybridized carbons (Fsp3) is 0.360. The number of thiophene rings is 1. The van der Waals surface area contributed by atoms with Gasteiger partial charge in [0.25, 0.3) is 5.56 Å². The summed E-state index contributed by atoms with van der Waals surface area (Å²) in [5, 5.41) is 8.46. The van der Waals surface area contributed by atoms with Gasteiger partial charge >= 0.3 is 0 Å². The minimum absolute atomic E-state index is 0.0386. The third kappa shape index (κ3) is 4.18. The van der Waals surface area contributed by atoms with Crippen molar-refractivity contribution in [2.45, 2.75) is 51.6 Å². The summed E-state index contributed by atoms with van der Waals surface area (Å²) in [6.07, 6.45) is 4.19.